The minimum Gasteiger partial charge on any atom is -0.497 e. The molecule has 0 saturated heterocycles. The molecule has 4 nitrogen and oxygen atoms in total. The number of hydrogen-bond donors (Lipinski definition) is 1. The fourth-order valence-corrected chi connectivity index (χ4v) is 1.60. The highest BCUT2D eigenvalue weighted by Gasteiger charge is 2.19. The molecule has 19 heavy (non-hydrogen) atoms. The number of benzene rings is 1. The van der Waals surface area contributed by atoms with Crippen molar-refractivity contribution >= 4 is 5.91 Å². The molecule has 0 bridgehead atoms. The molecule has 0 heterocycles. The van der Waals surface area contributed by atoms with Crippen molar-refractivity contribution in [1.82, 2.24) is 5.32 Å². The molecule has 2 atom stereocenters. The van der Waals surface area contributed by atoms with E-state index in [0.717, 1.165) is 12.2 Å². The maximum atomic E-state index is 12.0. The average Bonchev–Trinajstić information content (AvgIpc) is 2.44. The summed E-state index contributed by atoms with van der Waals surface area (Å²) >= 11 is 0. The van der Waals surface area contributed by atoms with E-state index in [0.29, 0.717) is 12.2 Å². The molecule has 1 amide bonds. The van der Waals surface area contributed by atoms with Crippen LogP contribution in [0.3, 0.4) is 0 Å². The van der Waals surface area contributed by atoms with Gasteiger partial charge in [0.25, 0.3) is 5.91 Å². The molecule has 0 radical (unpaired) electrons. The molecule has 0 aliphatic heterocycles. The maximum Gasteiger partial charge on any atom is 0.261 e. The molecule has 1 rings (SSSR count). The van der Waals surface area contributed by atoms with Gasteiger partial charge < -0.3 is 14.8 Å². The van der Waals surface area contributed by atoms with Crippen LogP contribution in [-0.2, 0) is 4.79 Å². The molecule has 0 aromatic heterocycles. The van der Waals surface area contributed by atoms with Crippen LogP contribution < -0.4 is 14.8 Å². The van der Waals surface area contributed by atoms with Crippen molar-refractivity contribution in [3.63, 3.8) is 0 Å². The quantitative estimate of drug-likeness (QED) is 0.824. The molecule has 4 heteroatoms. The predicted octanol–water partition coefficient (Wildman–Crippen LogP) is 2.77. The number of rotatable bonds is 7. The number of methoxy groups -OCH3 is 1. The van der Waals surface area contributed by atoms with E-state index < -0.39 is 6.10 Å². The molecule has 0 aliphatic carbocycles. The van der Waals surface area contributed by atoms with Crippen LogP contribution in [0.25, 0.3) is 0 Å². The summed E-state index contributed by atoms with van der Waals surface area (Å²) in [6.45, 7) is 5.95. The predicted molar refractivity (Wildman–Crippen MR) is 75.6 cm³/mol. The highest BCUT2D eigenvalue weighted by Crippen LogP contribution is 2.20. The standard InChI is InChI=1S/C15H23NO3/c1-5-11(3)16-15(17)14(6-2)19-13-9-7-8-12(10-13)18-4/h7-11,14H,5-6H2,1-4H3,(H,16,17)/t11-,14+/m0/s1. The first-order valence-corrected chi connectivity index (χ1v) is 6.71. The summed E-state index contributed by atoms with van der Waals surface area (Å²) in [5, 5.41) is 2.93. The monoisotopic (exact) mass is 265 g/mol. The third-order valence-corrected chi connectivity index (χ3v) is 2.98. The van der Waals surface area contributed by atoms with Crippen molar-refractivity contribution in [3.05, 3.63) is 24.3 Å². The summed E-state index contributed by atoms with van der Waals surface area (Å²) in [6, 6.07) is 7.44. The minimum atomic E-state index is -0.471. The highest BCUT2D eigenvalue weighted by atomic mass is 16.5. The van der Waals surface area contributed by atoms with E-state index in [1.807, 2.05) is 39.0 Å². The number of carbonyl (C=O) groups is 1. The first-order chi connectivity index (χ1) is 9.10. The zero-order valence-electron chi connectivity index (χ0n) is 12.1. The van der Waals surface area contributed by atoms with Crippen LogP contribution in [0.15, 0.2) is 24.3 Å². The van der Waals surface area contributed by atoms with E-state index in [4.69, 9.17) is 9.47 Å². The summed E-state index contributed by atoms with van der Waals surface area (Å²) < 4.78 is 10.9. The maximum absolute atomic E-state index is 12.0. The summed E-state index contributed by atoms with van der Waals surface area (Å²) in [5.74, 6) is 1.29. The third-order valence-electron chi connectivity index (χ3n) is 2.98. The molecule has 106 valence electrons. The van der Waals surface area contributed by atoms with Crippen LogP contribution in [0.2, 0.25) is 0 Å². The van der Waals surface area contributed by atoms with E-state index in [9.17, 15) is 4.79 Å². The second-order valence-electron chi connectivity index (χ2n) is 4.51. The largest absolute Gasteiger partial charge is 0.497 e. The van der Waals surface area contributed by atoms with Gasteiger partial charge in [-0.3, -0.25) is 4.79 Å². The van der Waals surface area contributed by atoms with Crippen molar-refractivity contribution in [2.75, 3.05) is 7.11 Å². The molecule has 0 unspecified atom stereocenters. The lowest BCUT2D eigenvalue weighted by molar-refractivity contribution is -0.128. The molecular weight excluding hydrogens is 242 g/mol. The molecule has 1 aromatic rings. The first-order valence-electron chi connectivity index (χ1n) is 6.71. The molecule has 1 N–H and O–H groups in total. The minimum absolute atomic E-state index is 0.0698. The Morgan fingerprint density at radius 2 is 1.95 bits per heavy atom. The molecule has 0 fully saturated rings. The van der Waals surface area contributed by atoms with Gasteiger partial charge in [0.15, 0.2) is 6.10 Å². The van der Waals surface area contributed by atoms with Crippen molar-refractivity contribution in [3.8, 4) is 11.5 Å². The van der Waals surface area contributed by atoms with Gasteiger partial charge >= 0.3 is 0 Å². The smallest absolute Gasteiger partial charge is 0.261 e. The Morgan fingerprint density at radius 1 is 1.26 bits per heavy atom. The number of carbonyl (C=O) groups excluding carboxylic acids is 1. The van der Waals surface area contributed by atoms with Crippen molar-refractivity contribution in [2.24, 2.45) is 0 Å². The van der Waals surface area contributed by atoms with Crippen LogP contribution in [0.1, 0.15) is 33.6 Å². The van der Waals surface area contributed by atoms with Gasteiger partial charge in [-0.1, -0.05) is 19.9 Å². The van der Waals surface area contributed by atoms with Crippen molar-refractivity contribution < 1.29 is 14.3 Å². The third kappa shape index (κ3) is 4.81. The van der Waals surface area contributed by atoms with E-state index in [1.165, 1.54) is 0 Å². The fraction of sp³-hybridized carbons (Fsp3) is 0.533. The zero-order valence-corrected chi connectivity index (χ0v) is 12.1. The van der Waals surface area contributed by atoms with Gasteiger partial charge in [0.05, 0.1) is 7.11 Å². The first kappa shape index (κ1) is 15.3. The Labute approximate surface area is 115 Å². The van der Waals surface area contributed by atoms with Gasteiger partial charge in [-0.15, -0.1) is 0 Å². The van der Waals surface area contributed by atoms with E-state index in [2.05, 4.69) is 5.32 Å². The molecule has 1 aromatic carbocycles. The normalized spacial score (nSPS) is 13.5. The number of nitrogens with one attached hydrogen (secondary N) is 1. The van der Waals surface area contributed by atoms with E-state index in [-0.39, 0.29) is 11.9 Å². The van der Waals surface area contributed by atoms with Crippen molar-refractivity contribution in [1.29, 1.82) is 0 Å². The summed E-state index contributed by atoms with van der Waals surface area (Å²) in [7, 11) is 1.60. The van der Waals surface area contributed by atoms with Crippen LogP contribution in [0, 0.1) is 0 Å². The lowest BCUT2D eigenvalue weighted by Gasteiger charge is -2.20. The number of ether oxygens (including phenoxy) is 2. The highest BCUT2D eigenvalue weighted by molar-refractivity contribution is 5.81. The van der Waals surface area contributed by atoms with Gasteiger partial charge in [0.2, 0.25) is 0 Å². The second kappa shape index (κ2) is 7.67. The Balaban J connectivity index is 2.67. The van der Waals surface area contributed by atoms with Crippen LogP contribution >= 0.6 is 0 Å². The number of hydrogen-bond acceptors (Lipinski definition) is 3. The topological polar surface area (TPSA) is 47.6 Å². The Hall–Kier alpha value is -1.71. The van der Waals surface area contributed by atoms with Gasteiger partial charge in [-0.05, 0) is 31.9 Å². The lowest BCUT2D eigenvalue weighted by atomic mass is 10.2. The van der Waals surface area contributed by atoms with Gasteiger partial charge in [-0.25, -0.2) is 0 Å². The van der Waals surface area contributed by atoms with Gasteiger partial charge in [-0.2, -0.15) is 0 Å². The fourth-order valence-electron chi connectivity index (χ4n) is 1.60. The second-order valence-corrected chi connectivity index (χ2v) is 4.51. The molecule has 0 spiro atoms. The van der Waals surface area contributed by atoms with Gasteiger partial charge in [0, 0.05) is 12.1 Å². The average molecular weight is 265 g/mol. The Kier molecular flexibility index (Phi) is 6.19. The number of amides is 1. The summed E-state index contributed by atoms with van der Waals surface area (Å²) in [6.07, 6.45) is 1.06. The zero-order chi connectivity index (χ0) is 14.3. The summed E-state index contributed by atoms with van der Waals surface area (Å²) in [4.78, 5) is 12.0. The van der Waals surface area contributed by atoms with Crippen LogP contribution in [0.4, 0.5) is 0 Å². The Morgan fingerprint density at radius 3 is 2.53 bits per heavy atom. The van der Waals surface area contributed by atoms with E-state index >= 15 is 0 Å². The SMILES string of the molecule is CC[C@H](C)NC(=O)[C@@H](CC)Oc1cccc(OC)c1. The Bertz CT molecular complexity index is 406. The lowest BCUT2D eigenvalue weighted by Crippen LogP contribution is -2.42. The van der Waals surface area contributed by atoms with Crippen LogP contribution in [0.5, 0.6) is 11.5 Å². The van der Waals surface area contributed by atoms with E-state index in [1.54, 1.807) is 13.2 Å². The summed E-state index contributed by atoms with van der Waals surface area (Å²) in [5.41, 5.74) is 0. The molecule has 0 saturated carbocycles. The van der Waals surface area contributed by atoms with Crippen LogP contribution in [-0.4, -0.2) is 25.2 Å². The molecular formula is C15H23NO3. The van der Waals surface area contributed by atoms with Crippen molar-refractivity contribution in [2.45, 2.75) is 45.8 Å². The van der Waals surface area contributed by atoms with Gasteiger partial charge in [0.1, 0.15) is 11.5 Å². The molecule has 0 aliphatic rings.